The lowest BCUT2D eigenvalue weighted by Crippen LogP contribution is -2.34. The van der Waals surface area contributed by atoms with Gasteiger partial charge in [0.05, 0.1) is 25.1 Å². The van der Waals surface area contributed by atoms with Gasteiger partial charge in [-0.2, -0.15) is 5.26 Å². The maximum atomic E-state index is 12.5. The monoisotopic (exact) mass is 408 g/mol. The van der Waals surface area contributed by atoms with Gasteiger partial charge in [0.15, 0.2) is 22.7 Å². The van der Waals surface area contributed by atoms with Gasteiger partial charge >= 0.3 is 0 Å². The highest BCUT2D eigenvalue weighted by Gasteiger charge is 2.47. The molecule has 10 heteroatoms. The molecule has 3 aromatic rings. The second kappa shape index (κ2) is 8.16. The molecule has 2 aromatic heterocycles. The number of aromatic nitrogens is 4. The number of hydrogen-bond donors (Lipinski definition) is 3. The van der Waals surface area contributed by atoms with E-state index in [1.807, 2.05) is 6.07 Å². The quantitative estimate of drug-likeness (QED) is 0.551. The summed E-state index contributed by atoms with van der Waals surface area (Å²) in [5, 5.41) is 31.6. The first-order valence-electron chi connectivity index (χ1n) is 9.46. The average molecular weight is 408 g/mol. The Morgan fingerprint density at radius 3 is 2.83 bits per heavy atom. The number of aliphatic hydroxyl groups excluding tert-OH is 2. The predicted octanol–water partition coefficient (Wildman–Crippen LogP) is 1.18. The zero-order chi connectivity index (χ0) is 21.1. The van der Waals surface area contributed by atoms with E-state index in [1.165, 1.54) is 12.7 Å². The van der Waals surface area contributed by atoms with E-state index in [9.17, 15) is 15.0 Å². The van der Waals surface area contributed by atoms with Crippen molar-refractivity contribution in [2.75, 3.05) is 11.9 Å². The van der Waals surface area contributed by atoms with E-state index in [1.54, 1.807) is 28.8 Å². The lowest BCUT2D eigenvalue weighted by atomic mass is 10.0. The minimum absolute atomic E-state index is 0.168. The largest absolute Gasteiger partial charge is 0.394 e. The van der Waals surface area contributed by atoms with Gasteiger partial charge in [-0.15, -0.1) is 0 Å². The molecule has 3 heterocycles. The van der Waals surface area contributed by atoms with Crippen LogP contribution in [0.1, 0.15) is 29.6 Å². The summed E-state index contributed by atoms with van der Waals surface area (Å²) in [5.74, 6) is -0.0995. The van der Waals surface area contributed by atoms with Crippen molar-refractivity contribution in [3.05, 3.63) is 48.5 Å². The molecule has 3 N–H and O–H groups in total. The number of amides is 1. The standard InChI is InChI=1S/C20H20N6O4/c21-8-4-7-20(9-14(28)15(10-27)30-20)26-12-24-16-17(22-11-23-18(16)26)25-19(29)13-5-2-1-3-6-13/h1-3,5-6,11-12,14-15,27-28H,4,7,9-10H2,(H,22,23,25,29)/t14-,15+,20+/m0/s1. The van der Waals surface area contributed by atoms with Gasteiger partial charge in [0.1, 0.15) is 12.4 Å². The molecule has 0 saturated carbocycles. The van der Waals surface area contributed by atoms with Crippen molar-refractivity contribution in [2.45, 2.75) is 37.2 Å². The van der Waals surface area contributed by atoms with Crippen molar-refractivity contribution in [3.8, 4) is 6.07 Å². The Labute approximate surface area is 171 Å². The molecule has 154 valence electrons. The third kappa shape index (κ3) is 3.50. The number of hydrogen-bond acceptors (Lipinski definition) is 8. The Morgan fingerprint density at radius 1 is 1.33 bits per heavy atom. The Bertz CT molecular complexity index is 1100. The summed E-state index contributed by atoms with van der Waals surface area (Å²) in [4.78, 5) is 25.3. The molecule has 0 radical (unpaired) electrons. The number of nitrogens with one attached hydrogen (secondary N) is 1. The third-order valence-corrected chi connectivity index (χ3v) is 5.18. The van der Waals surface area contributed by atoms with Crippen LogP contribution in [0.25, 0.3) is 11.2 Å². The number of rotatable bonds is 6. The smallest absolute Gasteiger partial charge is 0.256 e. The molecule has 1 saturated heterocycles. The van der Waals surface area contributed by atoms with Gasteiger partial charge in [-0.05, 0) is 12.1 Å². The number of anilines is 1. The molecule has 30 heavy (non-hydrogen) atoms. The summed E-state index contributed by atoms with van der Waals surface area (Å²) in [5.41, 5.74) is 0.120. The molecule has 0 aliphatic carbocycles. The zero-order valence-corrected chi connectivity index (χ0v) is 16.0. The van der Waals surface area contributed by atoms with Crippen LogP contribution in [0.3, 0.4) is 0 Å². The molecule has 4 rings (SSSR count). The highest BCUT2D eigenvalue weighted by molar-refractivity contribution is 6.06. The van der Waals surface area contributed by atoms with Gasteiger partial charge in [0, 0.05) is 24.8 Å². The van der Waals surface area contributed by atoms with E-state index in [0.29, 0.717) is 16.7 Å². The molecule has 1 aliphatic rings. The molecule has 10 nitrogen and oxygen atoms in total. The first-order chi connectivity index (χ1) is 14.6. The summed E-state index contributed by atoms with van der Waals surface area (Å²) in [6, 6.07) is 10.8. The molecule has 1 fully saturated rings. The topological polar surface area (TPSA) is 146 Å². The van der Waals surface area contributed by atoms with Gasteiger partial charge in [0.25, 0.3) is 5.91 Å². The Hall–Kier alpha value is -3.39. The number of imidazole rings is 1. The Kier molecular flexibility index (Phi) is 5.41. The lowest BCUT2D eigenvalue weighted by Gasteiger charge is -2.30. The maximum absolute atomic E-state index is 12.5. The average Bonchev–Trinajstić information content (AvgIpc) is 3.35. The van der Waals surface area contributed by atoms with Gasteiger partial charge < -0.3 is 20.3 Å². The molecule has 3 atom stereocenters. The van der Waals surface area contributed by atoms with Crippen LogP contribution in [0.15, 0.2) is 43.0 Å². The van der Waals surface area contributed by atoms with Crippen LogP contribution in [0.5, 0.6) is 0 Å². The van der Waals surface area contributed by atoms with Crippen LogP contribution in [0, 0.1) is 11.3 Å². The fourth-order valence-electron chi connectivity index (χ4n) is 3.71. The van der Waals surface area contributed by atoms with E-state index < -0.39 is 17.9 Å². The first kappa shape index (κ1) is 19.9. The Morgan fingerprint density at radius 2 is 2.13 bits per heavy atom. The normalized spacial score (nSPS) is 23.4. The van der Waals surface area contributed by atoms with Crippen molar-refractivity contribution < 1.29 is 19.7 Å². The van der Waals surface area contributed by atoms with E-state index in [0.717, 1.165) is 0 Å². The number of ether oxygens (including phenoxy) is 1. The highest BCUT2D eigenvalue weighted by Crippen LogP contribution is 2.40. The van der Waals surface area contributed by atoms with Crippen LogP contribution in [-0.2, 0) is 10.5 Å². The molecular weight excluding hydrogens is 388 g/mol. The molecule has 1 aromatic carbocycles. The fraction of sp³-hybridized carbons (Fsp3) is 0.350. The molecule has 0 unspecified atom stereocenters. The third-order valence-electron chi connectivity index (χ3n) is 5.18. The van der Waals surface area contributed by atoms with E-state index >= 15 is 0 Å². The van der Waals surface area contributed by atoms with Crippen molar-refractivity contribution in [2.24, 2.45) is 0 Å². The number of benzene rings is 1. The first-order valence-corrected chi connectivity index (χ1v) is 9.46. The zero-order valence-electron chi connectivity index (χ0n) is 16.0. The van der Waals surface area contributed by atoms with Crippen LogP contribution >= 0.6 is 0 Å². The second-order valence-electron chi connectivity index (χ2n) is 7.04. The Balaban J connectivity index is 1.71. The van der Waals surface area contributed by atoms with Crippen molar-refractivity contribution in [1.82, 2.24) is 19.5 Å². The number of fused-ring (bicyclic) bond motifs is 1. The van der Waals surface area contributed by atoms with Gasteiger partial charge in [-0.1, -0.05) is 18.2 Å². The van der Waals surface area contributed by atoms with E-state index in [4.69, 9.17) is 10.00 Å². The number of nitriles is 1. The predicted molar refractivity (Wildman–Crippen MR) is 105 cm³/mol. The summed E-state index contributed by atoms with van der Waals surface area (Å²) in [6.07, 6.45) is 1.73. The molecule has 0 spiro atoms. The molecule has 0 bridgehead atoms. The minimum Gasteiger partial charge on any atom is -0.394 e. The van der Waals surface area contributed by atoms with Gasteiger partial charge in [-0.25, -0.2) is 15.0 Å². The molecular formula is C20H20N6O4. The van der Waals surface area contributed by atoms with Gasteiger partial charge in [0.2, 0.25) is 0 Å². The summed E-state index contributed by atoms with van der Waals surface area (Å²) >= 11 is 0. The number of carbonyl (C=O) groups excluding carboxylic acids is 1. The highest BCUT2D eigenvalue weighted by atomic mass is 16.6. The number of nitrogens with zero attached hydrogens (tertiary/aromatic N) is 5. The molecule has 1 aliphatic heterocycles. The summed E-state index contributed by atoms with van der Waals surface area (Å²) in [6.45, 7) is -0.352. The van der Waals surface area contributed by atoms with E-state index in [2.05, 4.69) is 26.3 Å². The number of carbonyl (C=O) groups is 1. The van der Waals surface area contributed by atoms with Crippen LogP contribution < -0.4 is 5.32 Å². The minimum atomic E-state index is -1.09. The fourth-order valence-corrected chi connectivity index (χ4v) is 3.71. The lowest BCUT2D eigenvalue weighted by molar-refractivity contribution is -0.118. The van der Waals surface area contributed by atoms with Crippen molar-refractivity contribution >= 4 is 22.9 Å². The van der Waals surface area contributed by atoms with Crippen LogP contribution in [-0.4, -0.2) is 54.5 Å². The van der Waals surface area contributed by atoms with Crippen molar-refractivity contribution in [3.63, 3.8) is 0 Å². The van der Waals surface area contributed by atoms with Crippen molar-refractivity contribution in [1.29, 1.82) is 5.26 Å². The van der Waals surface area contributed by atoms with Gasteiger partial charge in [-0.3, -0.25) is 9.36 Å². The van der Waals surface area contributed by atoms with E-state index in [-0.39, 0.29) is 37.6 Å². The second-order valence-corrected chi connectivity index (χ2v) is 7.04. The number of aliphatic hydroxyl groups is 2. The summed E-state index contributed by atoms with van der Waals surface area (Å²) < 4.78 is 7.62. The SMILES string of the molecule is N#CCC[C@]1(n2cnc3c(NC(=O)c4ccccc4)ncnc32)C[C@H](O)[C@@H](CO)O1. The maximum Gasteiger partial charge on any atom is 0.256 e. The summed E-state index contributed by atoms with van der Waals surface area (Å²) in [7, 11) is 0. The molecule has 1 amide bonds. The van der Waals surface area contributed by atoms with Crippen LogP contribution in [0.2, 0.25) is 0 Å². The van der Waals surface area contributed by atoms with Crippen LogP contribution in [0.4, 0.5) is 5.82 Å².